The highest BCUT2D eigenvalue weighted by atomic mass is 32.2. The minimum absolute atomic E-state index is 0.00417. The molecule has 0 spiro atoms. The van der Waals surface area contributed by atoms with Crippen molar-refractivity contribution in [1.82, 2.24) is 14.4 Å². The number of nitrogens with zero attached hydrogens (tertiary/aromatic N) is 3. The molecule has 1 saturated carbocycles. The summed E-state index contributed by atoms with van der Waals surface area (Å²) in [5.41, 5.74) is 0. The van der Waals surface area contributed by atoms with Gasteiger partial charge in [-0.25, -0.2) is 8.42 Å². The fourth-order valence-corrected chi connectivity index (χ4v) is 3.82. The lowest BCUT2D eigenvalue weighted by atomic mass is 9.84. The molecule has 0 amide bonds. The molecule has 0 radical (unpaired) electrons. The van der Waals surface area contributed by atoms with E-state index in [4.69, 9.17) is 4.52 Å². The van der Waals surface area contributed by atoms with E-state index in [2.05, 4.69) is 10.1 Å². The van der Waals surface area contributed by atoms with E-state index in [1.54, 1.807) is 0 Å². The highest BCUT2D eigenvalue weighted by molar-refractivity contribution is 7.88. The molecule has 1 heterocycles. The summed E-state index contributed by atoms with van der Waals surface area (Å²) in [5, 5.41) is 13.0. The van der Waals surface area contributed by atoms with Crippen LogP contribution in [0.3, 0.4) is 0 Å². The summed E-state index contributed by atoms with van der Waals surface area (Å²) < 4.78 is 29.3. The van der Waals surface area contributed by atoms with Crippen molar-refractivity contribution in [3.8, 4) is 0 Å². The SMILES string of the molecule is CN(Cc1noc([C@H](CCCC2CCCCC2)CC(=O)O)n1)S(C)(=O)=O. The van der Waals surface area contributed by atoms with Gasteiger partial charge in [0, 0.05) is 13.0 Å². The predicted octanol–water partition coefficient (Wildman–Crippen LogP) is 2.77. The van der Waals surface area contributed by atoms with Gasteiger partial charge in [0.1, 0.15) is 0 Å². The zero-order valence-corrected chi connectivity index (χ0v) is 16.4. The summed E-state index contributed by atoms with van der Waals surface area (Å²) in [5.74, 6) is 0.0426. The van der Waals surface area contributed by atoms with Crippen LogP contribution in [0.5, 0.6) is 0 Å². The van der Waals surface area contributed by atoms with Crippen LogP contribution in [0, 0.1) is 5.92 Å². The smallest absolute Gasteiger partial charge is 0.304 e. The monoisotopic (exact) mass is 387 g/mol. The van der Waals surface area contributed by atoms with Crippen molar-refractivity contribution >= 4 is 16.0 Å². The number of carbonyl (C=O) groups is 1. The summed E-state index contributed by atoms with van der Waals surface area (Å²) in [6, 6.07) is 0. The fourth-order valence-electron chi connectivity index (χ4n) is 3.47. The van der Waals surface area contributed by atoms with Gasteiger partial charge < -0.3 is 9.63 Å². The van der Waals surface area contributed by atoms with Crippen molar-refractivity contribution in [2.24, 2.45) is 5.92 Å². The maximum atomic E-state index is 11.5. The van der Waals surface area contributed by atoms with Gasteiger partial charge in [0.05, 0.1) is 19.2 Å². The van der Waals surface area contributed by atoms with E-state index in [1.165, 1.54) is 39.2 Å². The van der Waals surface area contributed by atoms with Crippen molar-refractivity contribution in [3.63, 3.8) is 0 Å². The number of sulfonamides is 1. The maximum Gasteiger partial charge on any atom is 0.304 e. The molecule has 1 atom stereocenters. The van der Waals surface area contributed by atoms with E-state index in [-0.39, 0.29) is 30.6 Å². The first kappa shape index (κ1) is 20.8. The highest BCUT2D eigenvalue weighted by Crippen LogP contribution is 2.31. The standard InChI is InChI=1S/C17H29N3O5S/c1-20(26(2,23)24)12-15-18-17(25-19-15)14(11-16(21)22)10-6-9-13-7-4-3-5-8-13/h13-14H,3-12H2,1-2H3,(H,21,22)/t14-/m1/s1. The number of carboxylic acid groups (broad SMARTS) is 1. The molecule has 1 N–H and O–H groups in total. The van der Waals surface area contributed by atoms with E-state index >= 15 is 0 Å². The molecule has 26 heavy (non-hydrogen) atoms. The summed E-state index contributed by atoms with van der Waals surface area (Å²) in [4.78, 5) is 15.4. The lowest BCUT2D eigenvalue weighted by molar-refractivity contribution is -0.137. The molecule has 0 saturated heterocycles. The molecule has 148 valence electrons. The van der Waals surface area contributed by atoms with Gasteiger partial charge >= 0.3 is 5.97 Å². The first-order valence-corrected chi connectivity index (χ1v) is 11.1. The van der Waals surface area contributed by atoms with Gasteiger partial charge in [-0.05, 0) is 12.3 Å². The number of aromatic nitrogens is 2. The molecule has 8 nitrogen and oxygen atoms in total. The third-order valence-electron chi connectivity index (χ3n) is 5.07. The van der Waals surface area contributed by atoms with Crippen LogP contribution in [0.15, 0.2) is 4.52 Å². The van der Waals surface area contributed by atoms with Crippen molar-refractivity contribution in [3.05, 3.63) is 11.7 Å². The Balaban J connectivity index is 1.94. The summed E-state index contributed by atoms with van der Waals surface area (Å²) in [7, 11) is -1.91. The zero-order chi connectivity index (χ0) is 19.2. The Morgan fingerprint density at radius 1 is 1.35 bits per heavy atom. The van der Waals surface area contributed by atoms with Crippen LogP contribution in [0.2, 0.25) is 0 Å². The van der Waals surface area contributed by atoms with E-state index in [0.29, 0.717) is 6.42 Å². The molecule has 1 aromatic heterocycles. The van der Waals surface area contributed by atoms with Crippen molar-refractivity contribution in [2.45, 2.75) is 70.3 Å². The van der Waals surface area contributed by atoms with E-state index in [0.717, 1.165) is 29.3 Å². The maximum absolute atomic E-state index is 11.5. The lowest BCUT2D eigenvalue weighted by Gasteiger charge is -2.21. The molecule has 0 unspecified atom stereocenters. The van der Waals surface area contributed by atoms with Gasteiger partial charge in [-0.2, -0.15) is 9.29 Å². The van der Waals surface area contributed by atoms with Gasteiger partial charge in [0.15, 0.2) is 5.82 Å². The van der Waals surface area contributed by atoms with Gasteiger partial charge in [-0.1, -0.05) is 50.1 Å². The molecule has 1 aromatic rings. The minimum Gasteiger partial charge on any atom is -0.481 e. The number of carboxylic acids is 1. The number of rotatable bonds is 10. The predicted molar refractivity (Wildman–Crippen MR) is 96.0 cm³/mol. The van der Waals surface area contributed by atoms with Crippen LogP contribution in [0.1, 0.15) is 75.4 Å². The molecule has 1 aliphatic rings. The Morgan fingerprint density at radius 2 is 2.04 bits per heavy atom. The molecule has 1 fully saturated rings. The zero-order valence-electron chi connectivity index (χ0n) is 15.6. The highest BCUT2D eigenvalue weighted by Gasteiger charge is 2.24. The molecule has 1 aliphatic carbocycles. The molecular formula is C17H29N3O5S. The fraction of sp³-hybridized carbons (Fsp3) is 0.824. The van der Waals surface area contributed by atoms with Crippen LogP contribution in [-0.2, 0) is 21.4 Å². The van der Waals surface area contributed by atoms with Gasteiger partial charge in [0.25, 0.3) is 0 Å². The van der Waals surface area contributed by atoms with Crippen LogP contribution in [-0.4, -0.2) is 47.2 Å². The van der Waals surface area contributed by atoms with Crippen molar-refractivity contribution < 1.29 is 22.8 Å². The van der Waals surface area contributed by atoms with Crippen LogP contribution >= 0.6 is 0 Å². The average molecular weight is 388 g/mol. The van der Waals surface area contributed by atoms with E-state index in [1.807, 2.05) is 0 Å². The largest absolute Gasteiger partial charge is 0.481 e. The molecule has 0 aliphatic heterocycles. The molecule has 0 aromatic carbocycles. The number of hydrogen-bond donors (Lipinski definition) is 1. The second-order valence-corrected chi connectivity index (χ2v) is 9.39. The lowest BCUT2D eigenvalue weighted by Crippen LogP contribution is -2.25. The van der Waals surface area contributed by atoms with Gasteiger partial charge in [-0.3, -0.25) is 4.79 Å². The Hall–Kier alpha value is -1.48. The average Bonchev–Trinajstić information content (AvgIpc) is 3.02. The Bertz CT molecular complexity index is 682. The van der Waals surface area contributed by atoms with Gasteiger partial charge in [-0.15, -0.1) is 0 Å². The van der Waals surface area contributed by atoms with Crippen LogP contribution < -0.4 is 0 Å². The van der Waals surface area contributed by atoms with Crippen LogP contribution in [0.4, 0.5) is 0 Å². The third kappa shape index (κ3) is 6.68. The van der Waals surface area contributed by atoms with Crippen molar-refractivity contribution in [2.75, 3.05) is 13.3 Å². The first-order valence-electron chi connectivity index (χ1n) is 9.21. The number of hydrogen-bond acceptors (Lipinski definition) is 6. The topological polar surface area (TPSA) is 114 Å². The second kappa shape index (κ2) is 9.45. The summed E-state index contributed by atoms with van der Waals surface area (Å²) in [6.07, 6.45) is 10.2. The first-order chi connectivity index (χ1) is 12.3. The Labute approximate surface area is 155 Å². The Morgan fingerprint density at radius 3 is 2.65 bits per heavy atom. The van der Waals surface area contributed by atoms with Gasteiger partial charge in [0.2, 0.25) is 15.9 Å². The second-order valence-electron chi connectivity index (χ2n) is 7.30. The van der Waals surface area contributed by atoms with E-state index < -0.39 is 16.0 Å². The summed E-state index contributed by atoms with van der Waals surface area (Å²) in [6.45, 7) is 0.00417. The number of aliphatic carboxylic acids is 1. The van der Waals surface area contributed by atoms with Crippen LogP contribution in [0.25, 0.3) is 0 Å². The normalized spacial score (nSPS) is 17.5. The molecule has 0 bridgehead atoms. The quantitative estimate of drug-likeness (QED) is 0.656. The summed E-state index contributed by atoms with van der Waals surface area (Å²) >= 11 is 0. The molecule has 2 rings (SSSR count). The van der Waals surface area contributed by atoms with E-state index in [9.17, 15) is 18.3 Å². The minimum atomic E-state index is -3.34. The third-order valence-corrected chi connectivity index (χ3v) is 6.34. The van der Waals surface area contributed by atoms with Crippen molar-refractivity contribution in [1.29, 1.82) is 0 Å². The molecule has 9 heteroatoms. The Kier molecular flexibility index (Phi) is 7.57. The molecular weight excluding hydrogens is 358 g/mol.